The number of aliphatic hydroxyl groups excluding tert-OH is 1. The lowest BCUT2D eigenvalue weighted by Gasteiger charge is -2.31. The highest BCUT2D eigenvalue weighted by Crippen LogP contribution is 2.24. The van der Waals surface area contributed by atoms with Crippen LogP contribution in [-0.4, -0.2) is 73.2 Å². The van der Waals surface area contributed by atoms with Crippen LogP contribution in [0.3, 0.4) is 0 Å². The van der Waals surface area contributed by atoms with Crippen LogP contribution in [-0.2, 0) is 24.5 Å². The molecule has 0 radical (unpaired) electrons. The number of carbonyl (C=O) groups excluding carboxylic acids is 1. The average molecular weight is 405 g/mol. The summed E-state index contributed by atoms with van der Waals surface area (Å²) in [6, 6.07) is 6.36. The Morgan fingerprint density at radius 3 is 2.72 bits per heavy atom. The van der Waals surface area contributed by atoms with Crippen molar-refractivity contribution in [1.82, 2.24) is 24.8 Å². The molecule has 2 N–H and O–H groups in total. The zero-order valence-electron chi connectivity index (χ0n) is 16.7. The van der Waals surface area contributed by atoms with Crippen molar-refractivity contribution in [2.24, 2.45) is 0 Å². The first-order valence-electron chi connectivity index (χ1n) is 9.80. The molecule has 1 amide bonds. The number of amides is 1. The van der Waals surface area contributed by atoms with Crippen molar-refractivity contribution in [3.05, 3.63) is 47.5 Å². The van der Waals surface area contributed by atoms with Crippen LogP contribution in [0.4, 0.5) is 4.39 Å². The summed E-state index contributed by atoms with van der Waals surface area (Å²) < 4.78 is 14.5. The molecule has 2 aromatic rings. The monoisotopic (exact) mass is 405 g/mol. The molecular formula is C20H28FN5O3. The van der Waals surface area contributed by atoms with Gasteiger partial charge < -0.3 is 15.1 Å². The number of aliphatic hydroxyl groups is 2. The Labute approximate surface area is 169 Å². The van der Waals surface area contributed by atoms with Gasteiger partial charge in [0, 0.05) is 26.2 Å². The van der Waals surface area contributed by atoms with Gasteiger partial charge in [-0.2, -0.15) is 0 Å². The van der Waals surface area contributed by atoms with Gasteiger partial charge in [-0.25, -0.2) is 9.07 Å². The zero-order valence-corrected chi connectivity index (χ0v) is 16.7. The number of hydrogen-bond acceptors (Lipinski definition) is 6. The number of hydrogen-bond donors (Lipinski definition) is 2. The van der Waals surface area contributed by atoms with Crippen LogP contribution in [0, 0.1) is 5.82 Å². The first kappa shape index (κ1) is 21.4. The lowest BCUT2D eigenvalue weighted by molar-refractivity contribution is -0.132. The van der Waals surface area contributed by atoms with E-state index < -0.39 is 5.60 Å². The number of carbonyl (C=O) groups is 1. The lowest BCUT2D eigenvalue weighted by Crippen LogP contribution is -2.42. The molecule has 2 heterocycles. The van der Waals surface area contributed by atoms with Crippen LogP contribution in [0.5, 0.6) is 0 Å². The van der Waals surface area contributed by atoms with Crippen LogP contribution in [0.25, 0.3) is 0 Å². The number of benzene rings is 1. The van der Waals surface area contributed by atoms with Gasteiger partial charge in [0.1, 0.15) is 18.1 Å². The van der Waals surface area contributed by atoms with E-state index >= 15 is 0 Å². The Morgan fingerprint density at radius 1 is 1.28 bits per heavy atom. The van der Waals surface area contributed by atoms with Gasteiger partial charge in [-0.05, 0) is 44.0 Å². The van der Waals surface area contributed by atoms with Crippen molar-refractivity contribution in [3.63, 3.8) is 0 Å². The molecule has 1 aliphatic heterocycles. The largest absolute Gasteiger partial charge is 0.390 e. The second kappa shape index (κ2) is 9.43. The van der Waals surface area contributed by atoms with E-state index in [2.05, 4.69) is 10.3 Å². The van der Waals surface area contributed by atoms with Crippen molar-refractivity contribution in [2.45, 2.75) is 44.6 Å². The molecule has 0 aliphatic carbocycles. The third-order valence-corrected chi connectivity index (χ3v) is 5.25. The zero-order chi connectivity index (χ0) is 20.9. The molecule has 158 valence electrons. The van der Waals surface area contributed by atoms with Gasteiger partial charge in [0.25, 0.3) is 0 Å². The van der Waals surface area contributed by atoms with E-state index in [1.807, 2.05) is 11.9 Å². The van der Waals surface area contributed by atoms with Gasteiger partial charge in [0.05, 0.1) is 18.4 Å². The standard InChI is InChI=1S/C20H28FN5O3/c1-24(11-16-3-5-17(21)6-4-16)15-20(29)7-2-9-25(10-8-20)19(28)13-26-12-18(14-27)22-23-26/h3-6,12,27,29H,2,7-11,13-15H2,1H3/t20-/m1/s1. The van der Waals surface area contributed by atoms with E-state index in [4.69, 9.17) is 5.11 Å². The fourth-order valence-corrected chi connectivity index (χ4v) is 3.77. The summed E-state index contributed by atoms with van der Waals surface area (Å²) in [7, 11) is 1.93. The van der Waals surface area contributed by atoms with Crippen LogP contribution in [0.1, 0.15) is 30.5 Å². The third kappa shape index (κ3) is 6.06. The molecule has 0 saturated carbocycles. The normalized spacial score (nSPS) is 20.1. The Balaban J connectivity index is 1.52. The SMILES string of the molecule is CN(Cc1ccc(F)cc1)C[C@@]1(O)CCCN(C(=O)Cn2cc(CO)nn2)CC1. The molecule has 0 unspecified atom stereocenters. The topological polar surface area (TPSA) is 94.7 Å². The summed E-state index contributed by atoms with van der Waals surface area (Å²) in [5.41, 5.74) is 0.534. The third-order valence-electron chi connectivity index (χ3n) is 5.25. The number of rotatable bonds is 7. The molecule has 0 spiro atoms. The summed E-state index contributed by atoms with van der Waals surface area (Å²) in [5, 5.41) is 27.7. The highest BCUT2D eigenvalue weighted by Gasteiger charge is 2.32. The van der Waals surface area contributed by atoms with Gasteiger partial charge in [-0.1, -0.05) is 17.3 Å². The van der Waals surface area contributed by atoms with E-state index in [1.54, 1.807) is 23.2 Å². The molecule has 9 heteroatoms. The summed E-state index contributed by atoms with van der Waals surface area (Å²) >= 11 is 0. The molecule has 1 aromatic carbocycles. The molecule has 1 aliphatic rings. The highest BCUT2D eigenvalue weighted by molar-refractivity contribution is 5.75. The minimum absolute atomic E-state index is 0.0654. The van der Waals surface area contributed by atoms with Crippen LogP contribution in [0.15, 0.2) is 30.5 Å². The Kier molecular flexibility index (Phi) is 6.94. The number of nitrogens with zero attached hydrogens (tertiary/aromatic N) is 5. The van der Waals surface area contributed by atoms with Crippen LogP contribution < -0.4 is 0 Å². The summed E-state index contributed by atoms with van der Waals surface area (Å²) in [6.07, 6.45) is 3.37. The summed E-state index contributed by atoms with van der Waals surface area (Å²) in [4.78, 5) is 16.3. The Hall–Kier alpha value is -2.36. The van der Waals surface area contributed by atoms with Gasteiger partial charge in [0.15, 0.2) is 0 Å². The summed E-state index contributed by atoms with van der Waals surface area (Å²) in [6.45, 7) is 2.01. The molecule has 0 bridgehead atoms. The second-order valence-electron chi connectivity index (χ2n) is 7.82. The highest BCUT2D eigenvalue weighted by atomic mass is 19.1. The average Bonchev–Trinajstić information content (AvgIpc) is 3.04. The maximum Gasteiger partial charge on any atom is 0.244 e. The van der Waals surface area contributed by atoms with Gasteiger partial charge >= 0.3 is 0 Å². The number of aromatic nitrogens is 3. The molecule has 1 fully saturated rings. The van der Waals surface area contributed by atoms with E-state index in [0.717, 1.165) is 5.56 Å². The van der Waals surface area contributed by atoms with Crippen molar-refractivity contribution in [3.8, 4) is 0 Å². The van der Waals surface area contributed by atoms with Gasteiger partial charge in [-0.3, -0.25) is 9.69 Å². The van der Waals surface area contributed by atoms with Crippen molar-refractivity contribution >= 4 is 5.91 Å². The van der Waals surface area contributed by atoms with Crippen molar-refractivity contribution in [1.29, 1.82) is 0 Å². The molecule has 3 rings (SSSR count). The smallest absolute Gasteiger partial charge is 0.244 e. The maximum absolute atomic E-state index is 13.1. The quantitative estimate of drug-likeness (QED) is 0.707. The minimum Gasteiger partial charge on any atom is -0.390 e. The molecule has 1 aromatic heterocycles. The summed E-state index contributed by atoms with van der Waals surface area (Å²) in [5.74, 6) is -0.342. The van der Waals surface area contributed by atoms with Gasteiger partial charge in [-0.15, -0.1) is 5.10 Å². The fourth-order valence-electron chi connectivity index (χ4n) is 3.77. The first-order chi connectivity index (χ1) is 13.9. The predicted molar refractivity (Wildman–Crippen MR) is 104 cm³/mol. The van der Waals surface area contributed by atoms with E-state index in [-0.39, 0.29) is 24.9 Å². The van der Waals surface area contributed by atoms with Crippen molar-refractivity contribution < 1.29 is 19.4 Å². The molecule has 29 heavy (non-hydrogen) atoms. The van der Waals surface area contributed by atoms with E-state index in [9.17, 15) is 14.3 Å². The predicted octanol–water partition coefficient (Wildman–Crippen LogP) is 0.785. The van der Waals surface area contributed by atoms with Crippen LogP contribution >= 0.6 is 0 Å². The molecule has 1 saturated heterocycles. The lowest BCUT2D eigenvalue weighted by atomic mass is 9.94. The van der Waals surface area contributed by atoms with Gasteiger partial charge in [0.2, 0.25) is 5.91 Å². The Morgan fingerprint density at radius 2 is 2.03 bits per heavy atom. The first-order valence-corrected chi connectivity index (χ1v) is 9.80. The number of halogens is 1. The van der Waals surface area contributed by atoms with E-state index in [1.165, 1.54) is 16.8 Å². The number of likely N-dealkylation sites (tertiary alicyclic amines) is 1. The minimum atomic E-state index is -0.874. The van der Waals surface area contributed by atoms with E-state index in [0.29, 0.717) is 51.1 Å². The molecule has 8 nitrogen and oxygen atoms in total. The number of likely N-dealkylation sites (N-methyl/N-ethyl adjacent to an activating group) is 1. The molecule has 1 atom stereocenters. The maximum atomic E-state index is 13.1. The fraction of sp³-hybridized carbons (Fsp3) is 0.550. The van der Waals surface area contributed by atoms with Crippen LogP contribution in [0.2, 0.25) is 0 Å². The molecular weight excluding hydrogens is 377 g/mol. The second-order valence-corrected chi connectivity index (χ2v) is 7.82. The van der Waals surface area contributed by atoms with Crippen molar-refractivity contribution in [2.75, 3.05) is 26.7 Å². The Bertz CT molecular complexity index is 813.